The highest BCUT2D eigenvalue weighted by Gasteiger charge is 2.17. The molecule has 0 aromatic heterocycles. The molecule has 2 nitrogen and oxygen atoms in total. The van der Waals surface area contributed by atoms with Crippen molar-refractivity contribution in [1.82, 2.24) is 0 Å². The molecule has 2 rings (SSSR count). The number of benzene rings is 1. The second-order valence-electron chi connectivity index (χ2n) is 4.25. The van der Waals surface area contributed by atoms with Gasteiger partial charge in [0.25, 0.3) is 0 Å². The Morgan fingerprint density at radius 1 is 1.44 bits per heavy atom. The van der Waals surface area contributed by atoms with E-state index in [9.17, 15) is 0 Å². The zero-order chi connectivity index (χ0) is 11.4. The molecule has 0 bridgehead atoms. The van der Waals surface area contributed by atoms with E-state index in [0.717, 1.165) is 28.9 Å². The van der Waals surface area contributed by atoms with Crippen LogP contribution in [0.25, 0.3) is 0 Å². The average Bonchev–Trinajstić information content (AvgIpc) is 2.20. The molecule has 0 atom stereocenters. The minimum atomic E-state index is 0.680. The van der Waals surface area contributed by atoms with Crippen molar-refractivity contribution in [2.45, 2.75) is 26.2 Å². The van der Waals surface area contributed by atoms with Crippen molar-refractivity contribution in [3.63, 3.8) is 0 Å². The van der Waals surface area contributed by atoms with Gasteiger partial charge in [0.15, 0.2) is 0 Å². The molecule has 1 aliphatic carbocycles. The molecule has 0 radical (unpaired) electrons. The zero-order valence-electron chi connectivity index (χ0n) is 9.63. The molecule has 1 aliphatic rings. The van der Waals surface area contributed by atoms with E-state index in [-0.39, 0.29) is 0 Å². The molecule has 16 heavy (non-hydrogen) atoms. The Balaban J connectivity index is 2.00. The summed E-state index contributed by atoms with van der Waals surface area (Å²) in [5.41, 5.74) is 1.02. The van der Waals surface area contributed by atoms with E-state index in [4.69, 9.17) is 16.3 Å². The lowest BCUT2D eigenvalue weighted by Gasteiger charge is -2.26. The van der Waals surface area contributed by atoms with Gasteiger partial charge in [0.05, 0.1) is 12.3 Å². The van der Waals surface area contributed by atoms with Gasteiger partial charge in [-0.15, -0.1) is 0 Å². The van der Waals surface area contributed by atoms with Crippen LogP contribution in [-0.2, 0) is 0 Å². The molecule has 1 N–H and O–H groups in total. The zero-order valence-corrected chi connectivity index (χ0v) is 10.4. The number of hydrogen-bond donors (Lipinski definition) is 1. The Kier molecular flexibility index (Phi) is 3.94. The maximum atomic E-state index is 5.98. The molecule has 0 spiro atoms. The van der Waals surface area contributed by atoms with Gasteiger partial charge in [-0.2, -0.15) is 0 Å². The van der Waals surface area contributed by atoms with Gasteiger partial charge in [-0.25, -0.2) is 0 Å². The first-order valence-electron chi connectivity index (χ1n) is 5.96. The molecule has 3 heteroatoms. The third-order valence-corrected chi connectivity index (χ3v) is 3.28. The van der Waals surface area contributed by atoms with Crippen molar-refractivity contribution in [3.05, 3.63) is 23.2 Å². The Labute approximate surface area is 102 Å². The van der Waals surface area contributed by atoms with Gasteiger partial charge in [-0.3, -0.25) is 0 Å². The lowest BCUT2D eigenvalue weighted by molar-refractivity contribution is 0.329. The summed E-state index contributed by atoms with van der Waals surface area (Å²) >= 11 is 5.98. The summed E-state index contributed by atoms with van der Waals surface area (Å²) in [5.74, 6) is 1.72. The maximum Gasteiger partial charge on any atom is 0.142 e. The number of anilines is 1. The molecule has 88 valence electrons. The van der Waals surface area contributed by atoms with Crippen LogP contribution in [0.15, 0.2) is 18.2 Å². The third-order valence-electron chi connectivity index (χ3n) is 3.05. The van der Waals surface area contributed by atoms with E-state index in [1.165, 1.54) is 19.3 Å². The largest absolute Gasteiger partial charge is 0.492 e. The van der Waals surface area contributed by atoms with Crippen molar-refractivity contribution in [1.29, 1.82) is 0 Å². The highest BCUT2D eigenvalue weighted by Crippen LogP contribution is 2.31. The van der Waals surface area contributed by atoms with Crippen LogP contribution < -0.4 is 10.1 Å². The number of nitrogens with one attached hydrogen (secondary N) is 1. The van der Waals surface area contributed by atoms with Crippen LogP contribution in [0.2, 0.25) is 5.02 Å². The van der Waals surface area contributed by atoms with Crippen molar-refractivity contribution >= 4 is 17.3 Å². The SMILES string of the molecule is CCOc1ccc(Cl)cc1NCC1CCC1. The Hall–Kier alpha value is -0.890. The number of hydrogen-bond acceptors (Lipinski definition) is 2. The minimum absolute atomic E-state index is 0.680. The van der Waals surface area contributed by atoms with Crippen LogP contribution in [0.5, 0.6) is 5.75 Å². The van der Waals surface area contributed by atoms with Gasteiger partial charge < -0.3 is 10.1 Å². The number of rotatable bonds is 5. The molecule has 1 fully saturated rings. The minimum Gasteiger partial charge on any atom is -0.492 e. The molecule has 0 amide bonds. The number of ether oxygens (including phenoxy) is 1. The first-order valence-corrected chi connectivity index (χ1v) is 6.33. The molecule has 1 aromatic rings. The second kappa shape index (κ2) is 5.44. The maximum absolute atomic E-state index is 5.98. The molecule has 0 unspecified atom stereocenters. The van der Waals surface area contributed by atoms with E-state index < -0.39 is 0 Å². The summed E-state index contributed by atoms with van der Waals surface area (Å²) in [5, 5.41) is 4.18. The van der Waals surface area contributed by atoms with Crippen LogP contribution in [0.4, 0.5) is 5.69 Å². The highest BCUT2D eigenvalue weighted by atomic mass is 35.5. The summed E-state index contributed by atoms with van der Waals surface area (Å²) in [4.78, 5) is 0. The van der Waals surface area contributed by atoms with E-state index >= 15 is 0 Å². The van der Waals surface area contributed by atoms with Crippen LogP contribution in [0.3, 0.4) is 0 Å². The van der Waals surface area contributed by atoms with Gasteiger partial charge >= 0.3 is 0 Å². The Morgan fingerprint density at radius 3 is 2.88 bits per heavy atom. The summed E-state index contributed by atoms with van der Waals surface area (Å²) in [6, 6.07) is 5.72. The fourth-order valence-corrected chi connectivity index (χ4v) is 2.05. The molecular weight excluding hydrogens is 222 g/mol. The fourth-order valence-electron chi connectivity index (χ4n) is 1.87. The van der Waals surface area contributed by atoms with Crippen molar-refractivity contribution in [3.8, 4) is 5.75 Å². The van der Waals surface area contributed by atoms with E-state index in [2.05, 4.69) is 5.32 Å². The first kappa shape index (κ1) is 11.6. The van der Waals surface area contributed by atoms with E-state index in [1.807, 2.05) is 25.1 Å². The van der Waals surface area contributed by atoms with Gasteiger partial charge in [-0.05, 0) is 43.9 Å². The Bertz CT molecular complexity index is 350. The van der Waals surface area contributed by atoms with Crippen molar-refractivity contribution in [2.75, 3.05) is 18.5 Å². The molecule has 1 aromatic carbocycles. The van der Waals surface area contributed by atoms with Crippen LogP contribution in [-0.4, -0.2) is 13.2 Å². The van der Waals surface area contributed by atoms with Crippen LogP contribution in [0, 0.1) is 5.92 Å². The normalized spacial score (nSPS) is 15.6. The lowest BCUT2D eigenvalue weighted by atomic mass is 9.85. The summed E-state index contributed by atoms with van der Waals surface area (Å²) in [7, 11) is 0. The Morgan fingerprint density at radius 2 is 2.25 bits per heavy atom. The van der Waals surface area contributed by atoms with Crippen LogP contribution in [0.1, 0.15) is 26.2 Å². The predicted octanol–water partition coefficient (Wildman–Crippen LogP) is 3.95. The summed E-state index contributed by atoms with van der Waals surface area (Å²) in [6.45, 7) is 3.70. The third kappa shape index (κ3) is 2.82. The summed E-state index contributed by atoms with van der Waals surface area (Å²) in [6.07, 6.45) is 4.06. The number of halogens is 1. The smallest absolute Gasteiger partial charge is 0.142 e. The van der Waals surface area contributed by atoms with Crippen molar-refractivity contribution in [2.24, 2.45) is 5.92 Å². The predicted molar refractivity (Wildman–Crippen MR) is 68.5 cm³/mol. The summed E-state index contributed by atoms with van der Waals surface area (Å²) < 4.78 is 5.55. The van der Waals surface area contributed by atoms with Gasteiger partial charge in [0.2, 0.25) is 0 Å². The second-order valence-corrected chi connectivity index (χ2v) is 4.69. The molecule has 0 aliphatic heterocycles. The van der Waals surface area contributed by atoms with Gasteiger partial charge in [0.1, 0.15) is 5.75 Å². The topological polar surface area (TPSA) is 21.3 Å². The monoisotopic (exact) mass is 239 g/mol. The quantitative estimate of drug-likeness (QED) is 0.840. The highest BCUT2D eigenvalue weighted by molar-refractivity contribution is 6.30. The van der Waals surface area contributed by atoms with Gasteiger partial charge in [0, 0.05) is 11.6 Å². The molecular formula is C13H18ClNO. The van der Waals surface area contributed by atoms with Gasteiger partial charge in [-0.1, -0.05) is 18.0 Å². The standard InChI is InChI=1S/C13H18ClNO/c1-2-16-13-7-6-11(14)8-12(13)15-9-10-4-3-5-10/h6-8,10,15H,2-5,9H2,1H3. The van der Waals surface area contributed by atoms with E-state index in [1.54, 1.807) is 0 Å². The fraction of sp³-hybridized carbons (Fsp3) is 0.538. The van der Waals surface area contributed by atoms with Crippen LogP contribution >= 0.6 is 11.6 Å². The first-order chi connectivity index (χ1) is 7.79. The molecule has 1 saturated carbocycles. The molecule has 0 saturated heterocycles. The van der Waals surface area contributed by atoms with Crippen molar-refractivity contribution < 1.29 is 4.74 Å². The average molecular weight is 240 g/mol. The lowest BCUT2D eigenvalue weighted by Crippen LogP contribution is -2.21. The molecule has 0 heterocycles. The van der Waals surface area contributed by atoms with E-state index in [0.29, 0.717) is 6.61 Å².